The molecule has 6 heteroatoms. The van der Waals surface area contributed by atoms with E-state index in [0.717, 1.165) is 0 Å². The van der Waals surface area contributed by atoms with Gasteiger partial charge in [0, 0.05) is 11.2 Å². The number of halogens is 2. The van der Waals surface area contributed by atoms with Crippen molar-refractivity contribution in [3.05, 3.63) is 50.4 Å². The topological polar surface area (TPSA) is 60.9 Å². The van der Waals surface area contributed by atoms with Gasteiger partial charge in [0.25, 0.3) is 0 Å². The summed E-state index contributed by atoms with van der Waals surface area (Å²) in [6.45, 7) is 0. The molecule has 2 aromatic rings. The Balaban J connectivity index is 2.65. The van der Waals surface area contributed by atoms with E-state index in [1.165, 1.54) is 4.57 Å². The average Bonchev–Trinajstić information content (AvgIpc) is 2.23. The van der Waals surface area contributed by atoms with Crippen LogP contribution in [0, 0.1) is 0 Å². The lowest BCUT2D eigenvalue weighted by Gasteiger charge is -2.06. The summed E-state index contributed by atoms with van der Waals surface area (Å²) < 4.78 is 1.93. The molecule has 0 radical (unpaired) electrons. The zero-order valence-corrected chi connectivity index (χ0v) is 10.4. The van der Waals surface area contributed by atoms with Crippen LogP contribution in [0.5, 0.6) is 0 Å². The van der Waals surface area contributed by atoms with Crippen molar-refractivity contribution in [3.8, 4) is 5.69 Å². The van der Waals surface area contributed by atoms with Crippen molar-refractivity contribution in [2.45, 2.75) is 0 Å². The van der Waals surface area contributed by atoms with Gasteiger partial charge < -0.3 is 5.73 Å². The van der Waals surface area contributed by atoms with Crippen molar-refractivity contribution in [1.29, 1.82) is 0 Å². The summed E-state index contributed by atoms with van der Waals surface area (Å²) in [6, 6.07) is 6.93. The molecule has 0 aliphatic heterocycles. The van der Waals surface area contributed by atoms with Crippen LogP contribution in [0.3, 0.4) is 0 Å². The summed E-state index contributed by atoms with van der Waals surface area (Å²) in [5.41, 5.74) is 5.70. The Labute approximate surface area is 105 Å². The minimum Gasteiger partial charge on any atom is -0.383 e. The highest BCUT2D eigenvalue weighted by molar-refractivity contribution is 9.10. The van der Waals surface area contributed by atoms with Crippen molar-refractivity contribution >= 4 is 33.3 Å². The van der Waals surface area contributed by atoms with Crippen molar-refractivity contribution in [2.24, 2.45) is 0 Å². The molecule has 1 heterocycles. The highest BCUT2D eigenvalue weighted by atomic mass is 79.9. The fourth-order valence-corrected chi connectivity index (χ4v) is 1.73. The van der Waals surface area contributed by atoms with Crippen molar-refractivity contribution in [2.75, 3.05) is 5.73 Å². The van der Waals surface area contributed by atoms with Gasteiger partial charge in [0.1, 0.15) is 5.82 Å². The van der Waals surface area contributed by atoms with E-state index in [1.54, 1.807) is 30.5 Å². The fraction of sp³-hybridized carbons (Fsp3) is 0. The molecule has 0 saturated heterocycles. The number of nitrogens with two attached hydrogens (primary N) is 1. The second-order valence-electron chi connectivity index (χ2n) is 3.11. The third kappa shape index (κ3) is 2.10. The van der Waals surface area contributed by atoms with Gasteiger partial charge in [0.15, 0.2) is 0 Å². The number of benzene rings is 1. The molecular weight excluding hydrogens is 293 g/mol. The third-order valence-electron chi connectivity index (χ3n) is 2.00. The third-order valence-corrected chi connectivity index (χ3v) is 2.84. The Morgan fingerprint density at radius 1 is 1.44 bits per heavy atom. The van der Waals surface area contributed by atoms with Crippen molar-refractivity contribution < 1.29 is 0 Å². The van der Waals surface area contributed by atoms with Gasteiger partial charge in [-0.15, -0.1) is 0 Å². The molecule has 0 atom stereocenters. The molecular formula is C10H7BrClN3O. The minimum absolute atomic E-state index is 0.170. The summed E-state index contributed by atoms with van der Waals surface area (Å²) in [5.74, 6) is 0.170. The van der Waals surface area contributed by atoms with Crippen molar-refractivity contribution in [3.63, 3.8) is 0 Å². The predicted molar refractivity (Wildman–Crippen MR) is 67.0 cm³/mol. The Bertz CT molecular complexity index is 597. The molecule has 0 saturated carbocycles. The highest BCUT2D eigenvalue weighted by Gasteiger charge is 2.05. The highest BCUT2D eigenvalue weighted by Crippen LogP contribution is 2.17. The van der Waals surface area contributed by atoms with E-state index in [0.29, 0.717) is 15.2 Å². The first kappa shape index (κ1) is 11.2. The summed E-state index contributed by atoms with van der Waals surface area (Å²) in [4.78, 5) is 15.3. The lowest BCUT2D eigenvalue weighted by atomic mass is 10.3. The summed E-state index contributed by atoms with van der Waals surface area (Å²) >= 11 is 9.06. The average molecular weight is 301 g/mol. The zero-order valence-electron chi connectivity index (χ0n) is 8.02. The number of aromatic nitrogens is 2. The van der Waals surface area contributed by atoms with E-state index in [-0.39, 0.29) is 5.82 Å². The zero-order chi connectivity index (χ0) is 11.7. The lowest BCUT2D eigenvalue weighted by molar-refractivity contribution is 0.912. The van der Waals surface area contributed by atoms with E-state index in [9.17, 15) is 4.79 Å². The second-order valence-corrected chi connectivity index (χ2v) is 4.40. The Morgan fingerprint density at radius 3 is 2.88 bits per heavy atom. The molecule has 2 N–H and O–H groups in total. The fourth-order valence-electron chi connectivity index (χ4n) is 1.26. The van der Waals surface area contributed by atoms with Gasteiger partial charge in [-0.25, -0.2) is 4.79 Å². The predicted octanol–water partition coefficient (Wildman–Crippen LogP) is 2.23. The van der Waals surface area contributed by atoms with Crippen LogP contribution in [-0.2, 0) is 0 Å². The van der Waals surface area contributed by atoms with Gasteiger partial charge in [0.2, 0.25) is 0 Å². The molecule has 0 aliphatic carbocycles. The number of hydrogen-bond acceptors (Lipinski definition) is 3. The standard InChI is InChI=1S/C10H7BrClN3O/c11-8-5-15(10(16)14-9(8)13)7-3-1-2-6(12)4-7/h1-5H,(H2,13,14,16). The molecule has 4 nitrogen and oxygen atoms in total. The first-order valence-corrected chi connectivity index (χ1v) is 5.55. The van der Waals surface area contributed by atoms with E-state index in [4.69, 9.17) is 17.3 Å². The Kier molecular flexibility index (Phi) is 2.98. The van der Waals surface area contributed by atoms with Crippen LogP contribution in [0.4, 0.5) is 5.82 Å². The first-order valence-electron chi connectivity index (χ1n) is 4.38. The number of rotatable bonds is 1. The molecule has 0 fully saturated rings. The van der Waals surface area contributed by atoms with Crippen LogP contribution in [0.2, 0.25) is 5.02 Å². The normalized spacial score (nSPS) is 10.4. The van der Waals surface area contributed by atoms with Gasteiger partial charge in [0.05, 0.1) is 10.2 Å². The van der Waals surface area contributed by atoms with Gasteiger partial charge in [-0.2, -0.15) is 4.98 Å². The van der Waals surface area contributed by atoms with Crippen LogP contribution in [-0.4, -0.2) is 9.55 Å². The maximum absolute atomic E-state index is 11.6. The smallest absolute Gasteiger partial charge is 0.354 e. The van der Waals surface area contributed by atoms with Crippen molar-refractivity contribution in [1.82, 2.24) is 9.55 Å². The lowest BCUT2D eigenvalue weighted by Crippen LogP contribution is -2.22. The maximum atomic E-state index is 11.6. The molecule has 0 spiro atoms. The molecule has 0 amide bonds. The van der Waals surface area contributed by atoms with Gasteiger partial charge >= 0.3 is 5.69 Å². The maximum Gasteiger partial charge on any atom is 0.354 e. The molecule has 2 rings (SSSR count). The van der Waals surface area contributed by atoms with Gasteiger partial charge in [-0.05, 0) is 34.1 Å². The van der Waals surface area contributed by atoms with Gasteiger partial charge in [-0.1, -0.05) is 17.7 Å². The SMILES string of the molecule is Nc1nc(=O)n(-c2cccc(Cl)c2)cc1Br. The quantitative estimate of drug-likeness (QED) is 0.878. The van der Waals surface area contributed by atoms with Crippen LogP contribution in [0.1, 0.15) is 0 Å². The minimum atomic E-state index is -0.442. The van der Waals surface area contributed by atoms with E-state index >= 15 is 0 Å². The van der Waals surface area contributed by atoms with Crippen LogP contribution in [0.25, 0.3) is 5.69 Å². The molecule has 16 heavy (non-hydrogen) atoms. The number of hydrogen-bond donors (Lipinski definition) is 1. The molecule has 0 bridgehead atoms. The Morgan fingerprint density at radius 2 is 2.19 bits per heavy atom. The summed E-state index contributed by atoms with van der Waals surface area (Å²) in [5, 5.41) is 0.553. The van der Waals surface area contributed by atoms with E-state index < -0.39 is 5.69 Å². The van der Waals surface area contributed by atoms with Crippen LogP contribution in [0.15, 0.2) is 39.7 Å². The molecule has 1 aromatic carbocycles. The first-order chi connectivity index (χ1) is 7.58. The monoisotopic (exact) mass is 299 g/mol. The van der Waals surface area contributed by atoms with Crippen LogP contribution >= 0.6 is 27.5 Å². The number of anilines is 1. The van der Waals surface area contributed by atoms with E-state index in [1.807, 2.05) is 0 Å². The molecule has 82 valence electrons. The number of nitrogen functional groups attached to an aromatic ring is 1. The van der Waals surface area contributed by atoms with Gasteiger partial charge in [-0.3, -0.25) is 4.57 Å². The Hall–Kier alpha value is -1.33. The number of nitrogens with zero attached hydrogens (tertiary/aromatic N) is 2. The molecule has 1 aromatic heterocycles. The van der Waals surface area contributed by atoms with E-state index in [2.05, 4.69) is 20.9 Å². The second kappa shape index (κ2) is 4.27. The van der Waals surface area contributed by atoms with Crippen LogP contribution < -0.4 is 11.4 Å². The molecule has 0 aliphatic rings. The molecule has 0 unspecified atom stereocenters. The largest absolute Gasteiger partial charge is 0.383 e. The summed E-state index contributed by atoms with van der Waals surface area (Å²) in [6.07, 6.45) is 1.57. The summed E-state index contributed by atoms with van der Waals surface area (Å²) in [7, 11) is 0.